The number of para-hydroxylation sites is 2. The summed E-state index contributed by atoms with van der Waals surface area (Å²) in [5, 5.41) is 6.87. The molecule has 4 rings (SSSR count). The Labute approximate surface area is 208 Å². The number of hydrogen-bond donors (Lipinski definition) is 2. The Bertz CT molecular complexity index is 1180. The van der Waals surface area contributed by atoms with Crippen LogP contribution in [0.1, 0.15) is 29.5 Å². The first-order valence-electron chi connectivity index (χ1n) is 12.1. The number of nitrogens with one attached hydrogen (secondary N) is 2. The van der Waals surface area contributed by atoms with E-state index in [9.17, 15) is 0 Å². The van der Waals surface area contributed by atoms with Gasteiger partial charge in [0.1, 0.15) is 5.82 Å². The van der Waals surface area contributed by atoms with Crippen LogP contribution in [0, 0.1) is 6.92 Å². The molecule has 0 unspecified atom stereocenters. The van der Waals surface area contributed by atoms with E-state index in [4.69, 9.17) is 9.47 Å². The molecule has 0 aliphatic rings. The molecular weight excluding hydrogens is 434 g/mol. The van der Waals surface area contributed by atoms with Crippen LogP contribution < -0.4 is 10.6 Å². The number of aromatic nitrogens is 1. The van der Waals surface area contributed by atoms with E-state index in [-0.39, 0.29) is 0 Å². The van der Waals surface area contributed by atoms with Crippen LogP contribution in [0.4, 0.5) is 22.9 Å². The Morgan fingerprint density at radius 2 is 1.34 bits per heavy atom. The van der Waals surface area contributed by atoms with Crippen molar-refractivity contribution in [3.05, 3.63) is 114 Å². The molecule has 0 spiro atoms. The minimum absolute atomic E-state index is 0.529. The number of unbranched alkanes of at least 4 members (excludes halogenated alkanes) is 1. The van der Waals surface area contributed by atoms with Gasteiger partial charge in [-0.2, -0.15) is 0 Å². The van der Waals surface area contributed by atoms with Crippen molar-refractivity contribution in [2.75, 3.05) is 23.8 Å². The largest absolute Gasteiger partial charge is 0.377 e. The maximum atomic E-state index is 5.94. The summed E-state index contributed by atoms with van der Waals surface area (Å²) in [6.45, 7) is 4.59. The van der Waals surface area contributed by atoms with Crippen molar-refractivity contribution in [2.45, 2.75) is 33.0 Å². The molecular formula is C30H33N3O2. The molecule has 0 fully saturated rings. The van der Waals surface area contributed by atoms with Gasteiger partial charge in [-0.25, -0.2) is 4.98 Å². The molecule has 4 aromatic rings. The molecule has 1 aromatic heterocycles. The molecule has 0 radical (unpaired) electrons. The maximum absolute atomic E-state index is 5.94. The van der Waals surface area contributed by atoms with E-state index in [1.165, 1.54) is 5.56 Å². The average molecular weight is 468 g/mol. The summed E-state index contributed by atoms with van der Waals surface area (Å²) in [5.41, 5.74) is 6.59. The van der Waals surface area contributed by atoms with Gasteiger partial charge in [-0.05, 0) is 61.7 Å². The number of benzene rings is 3. The molecule has 0 saturated carbocycles. The zero-order valence-electron chi connectivity index (χ0n) is 20.2. The van der Waals surface area contributed by atoms with E-state index < -0.39 is 0 Å². The molecule has 5 heteroatoms. The van der Waals surface area contributed by atoms with Crippen LogP contribution in [0.25, 0.3) is 0 Å². The summed E-state index contributed by atoms with van der Waals surface area (Å²) >= 11 is 0. The third kappa shape index (κ3) is 7.95. The lowest BCUT2D eigenvalue weighted by molar-refractivity contribution is 0.0901. The summed E-state index contributed by atoms with van der Waals surface area (Å²) in [5.74, 6) is 0.837. The third-order valence-corrected chi connectivity index (χ3v) is 5.58. The fourth-order valence-electron chi connectivity index (χ4n) is 3.74. The topological polar surface area (TPSA) is 55.4 Å². The van der Waals surface area contributed by atoms with Crippen molar-refractivity contribution in [1.82, 2.24) is 4.98 Å². The minimum Gasteiger partial charge on any atom is -0.377 e. The molecule has 2 N–H and O–H groups in total. The van der Waals surface area contributed by atoms with Crippen LogP contribution in [0.15, 0.2) is 97.2 Å². The van der Waals surface area contributed by atoms with Crippen LogP contribution in [0.5, 0.6) is 0 Å². The summed E-state index contributed by atoms with van der Waals surface area (Å²) in [6, 6.07) is 30.7. The van der Waals surface area contributed by atoms with Gasteiger partial charge in [0, 0.05) is 47.6 Å². The van der Waals surface area contributed by atoms with Gasteiger partial charge >= 0.3 is 0 Å². The predicted octanol–water partition coefficient (Wildman–Crippen LogP) is 7.39. The van der Waals surface area contributed by atoms with Crippen LogP contribution in [0.2, 0.25) is 0 Å². The van der Waals surface area contributed by atoms with Crippen LogP contribution in [0.3, 0.4) is 0 Å². The Morgan fingerprint density at radius 1 is 0.657 bits per heavy atom. The van der Waals surface area contributed by atoms with Crippen molar-refractivity contribution in [1.29, 1.82) is 0 Å². The summed E-state index contributed by atoms with van der Waals surface area (Å²) in [7, 11) is 0. The Kier molecular flexibility index (Phi) is 9.28. The molecule has 180 valence electrons. The molecule has 0 bridgehead atoms. The van der Waals surface area contributed by atoms with Crippen molar-refractivity contribution >= 4 is 22.9 Å². The first-order valence-corrected chi connectivity index (χ1v) is 12.1. The number of anilines is 4. The van der Waals surface area contributed by atoms with Gasteiger partial charge in [-0.1, -0.05) is 54.6 Å². The summed E-state index contributed by atoms with van der Waals surface area (Å²) in [4.78, 5) is 4.49. The standard InChI is InChI=1S/C30H33N3O2/c1-24-11-9-16-28(21-24)33-30-26(13-10-18-31-30)23-35-20-8-7-19-34-22-25-12-5-6-17-29(25)32-27-14-3-2-4-15-27/h2-6,9-18,21,32H,7-8,19-20,22-23H2,1H3,(H,31,33). The van der Waals surface area contributed by atoms with E-state index in [1.54, 1.807) is 6.20 Å². The Hall–Kier alpha value is -3.67. The number of hydrogen-bond acceptors (Lipinski definition) is 5. The van der Waals surface area contributed by atoms with Gasteiger partial charge in [0.2, 0.25) is 0 Å². The fourth-order valence-corrected chi connectivity index (χ4v) is 3.74. The zero-order chi connectivity index (χ0) is 24.1. The molecule has 5 nitrogen and oxygen atoms in total. The quantitative estimate of drug-likeness (QED) is 0.201. The number of aryl methyl sites for hydroxylation is 1. The second-order valence-electron chi connectivity index (χ2n) is 8.47. The first kappa shape index (κ1) is 24.5. The van der Waals surface area contributed by atoms with E-state index in [0.717, 1.165) is 46.8 Å². The van der Waals surface area contributed by atoms with Crippen LogP contribution in [-0.4, -0.2) is 18.2 Å². The minimum atomic E-state index is 0.529. The lowest BCUT2D eigenvalue weighted by atomic mass is 10.2. The lowest BCUT2D eigenvalue weighted by Crippen LogP contribution is -2.03. The van der Waals surface area contributed by atoms with Gasteiger partial charge in [0.15, 0.2) is 0 Å². The van der Waals surface area contributed by atoms with Crippen molar-refractivity contribution < 1.29 is 9.47 Å². The van der Waals surface area contributed by atoms with E-state index in [2.05, 4.69) is 65.0 Å². The van der Waals surface area contributed by atoms with Gasteiger partial charge < -0.3 is 20.1 Å². The second kappa shape index (κ2) is 13.3. The predicted molar refractivity (Wildman–Crippen MR) is 143 cm³/mol. The van der Waals surface area contributed by atoms with E-state index >= 15 is 0 Å². The normalized spacial score (nSPS) is 10.8. The SMILES string of the molecule is Cc1cccc(Nc2ncccc2COCCCCOCc2ccccc2Nc2ccccc2)c1. The monoisotopic (exact) mass is 467 g/mol. The highest BCUT2D eigenvalue weighted by Crippen LogP contribution is 2.22. The smallest absolute Gasteiger partial charge is 0.135 e. The highest BCUT2D eigenvalue weighted by molar-refractivity contribution is 5.63. The van der Waals surface area contributed by atoms with Gasteiger partial charge in [0.05, 0.1) is 13.2 Å². The molecule has 0 amide bonds. The molecule has 35 heavy (non-hydrogen) atoms. The number of ether oxygens (including phenoxy) is 2. The van der Waals surface area contributed by atoms with Crippen molar-refractivity contribution in [2.24, 2.45) is 0 Å². The fraction of sp³-hybridized carbons (Fsp3) is 0.233. The first-order chi connectivity index (χ1) is 17.3. The number of nitrogens with zero attached hydrogens (tertiary/aromatic N) is 1. The Morgan fingerprint density at radius 3 is 2.14 bits per heavy atom. The second-order valence-corrected chi connectivity index (χ2v) is 8.47. The number of pyridine rings is 1. The van der Waals surface area contributed by atoms with Crippen LogP contribution in [-0.2, 0) is 22.7 Å². The van der Waals surface area contributed by atoms with Gasteiger partial charge in [-0.15, -0.1) is 0 Å². The van der Waals surface area contributed by atoms with E-state index in [0.29, 0.717) is 26.4 Å². The molecule has 1 heterocycles. The zero-order valence-corrected chi connectivity index (χ0v) is 20.2. The van der Waals surface area contributed by atoms with Crippen molar-refractivity contribution in [3.63, 3.8) is 0 Å². The molecule has 0 saturated heterocycles. The highest BCUT2D eigenvalue weighted by Gasteiger charge is 2.05. The number of rotatable bonds is 13. The van der Waals surface area contributed by atoms with Gasteiger partial charge in [0.25, 0.3) is 0 Å². The lowest BCUT2D eigenvalue weighted by Gasteiger charge is -2.13. The molecule has 0 atom stereocenters. The molecule has 0 aliphatic carbocycles. The van der Waals surface area contributed by atoms with Crippen LogP contribution >= 0.6 is 0 Å². The highest BCUT2D eigenvalue weighted by atomic mass is 16.5. The summed E-state index contributed by atoms with van der Waals surface area (Å²) in [6.07, 6.45) is 3.70. The van der Waals surface area contributed by atoms with Crippen molar-refractivity contribution in [3.8, 4) is 0 Å². The Balaban J connectivity index is 1.15. The molecule has 0 aliphatic heterocycles. The average Bonchev–Trinajstić information content (AvgIpc) is 2.88. The van der Waals surface area contributed by atoms with E-state index in [1.807, 2.05) is 48.5 Å². The van der Waals surface area contributed by atoms with Gasteiger partial charge in [-0.3, -0.25) is 0 Å². The molecule has 3 aromatic carbocycles. The third-order valence-electron chi connectivity index (χ3n) is 5.58. The maximum Gasteiger partial charge on any atom is 0.135 e. The summed E-state index contributed by atoms with van der Waals surface area (Å²) < 4.78 is 11.9.